The fourth-order valence-electron chi connectivity index (χ4n) is 2.72. The monoisotopic (exact) mass is 328 g/mol. The van der Waals surface area contributed by atoms with Gasteiger partial charge in [0.25, 0.3) is 5.56 Å². The van der Waals surface area contributed by atoms with E-state index in [4.69, 9.17) is 0 Å². The average molecular weight is 328 g/mol. The van der Waals surface area contributed by atoms with Gasteiger partial charge >= 0.3 is 5.69 Å². The van der Waals surface area contributed by atoms with Crippen LogP contribution in [0.3, 0.4) is 0 Å². The molecule has 1 aliphatic rings. The van der Waals surface area contributed by atoms with E-state index in [2.05, 4.69) is 10.1 Å². The summed E-state index contributed by atoms with van der Waals surface area (Å²) in [6.45, 7) is 3.58. The molecule has 3 rings (SSSR count). The summed E-state index contributed by atoms with van der Waals surface area (Å²) in [5.74, 6) is -0.409. The number of piperidine rings is 1. The lowest BCUT2D eigenvalue weighted by atomic mass is 10.2. The van der Waals surface area contributed by atoms with E-state index >= 15 is 0 Å². The highest BCUT2D eigenvalue weighted by molar-refractivity contribution is 5.82. The van der Waals surface area contributed by atoms with Gasteiger partial charge in [-0.2, -0.15) is 5.10 Å². The number of hydrazone groups is 1. The van der Waals surface area contributed by atoms with Crippen LogP contribution in [0.25, 0.3) is 5.69 Å². The number of benzene rings is 1. The molecule has 0 spiro atoms. The molecule has 7 heteroatoms. The number of H-pyrrole nitrogens is 1. The molecular weight excluding hydrogens is 308 g/mol. The quantitative estimate of drug-likeness (QED) is 0.832. The first-order valence-corrected chi connectivity index (χ1v) is 8.00. The van der Waals surface area contributed by atoms with Gasteiger partial charge in [-0.1, -0.05) is 17.7 Å². The Hall–Kier alpha value is -2.83. The van der Waals surface area contributed by atoms with Gasteiger partial charge in [0.05, 0.1) is 11.9 Å². The highest BCUT2D eigenvalue weighted by Crippen LogP contribution is 2.16. The van der Waals surface area contributed by atoms with Crippen LogP contribution in [0.5, 0.6) is 5.88 Å². The number of aromatic hydroxyl groups is 1. The van der Waals surface area contributed by atoms with Crippen LogP contribution in [0, 0.1) is 6.92 Å². The Labute approximate surface area is 138 Å². The SMILES string of the molecule is Cc1ccc(-n2c(O)c(/C=N/N3CCCCC3)c(=O)[nH]c2=O)cc1. The fourth-order valence-corrected chi connectivity index (χ4v) is 2.72. The zero-order chi connectivity index (χ0) is 17.1. The molecule has 2 aromatic rings. The maximum Gasteiger partial charge on any atom is 0.335 e. The van der Waals surface area contributed by atoms with Gasteiger partial charge in [0.15, 0.2) is 0 Å². The van der Waals surface area contributed by atoms with E-state index in [1.807, 2.05) is 24.1 Å². The smallest absolute Gasteiger partial charge is 0.335 e. The Morgan fingerprint density at radius 3 is 2.46 bits per heavy atom. The van der Waals surface area contributed by atoms with Gasteiger partial charge < -0.3 is 5.11 Å². The van der Waals surface area contributed by atoms with E-state index in [-0.39, 0.29) is 5.56 Å². The van der Waals surface area contributed by atoms with E-state index in [1.54, 1.807) is 12.1 Å². The molecule has 0 amide bonds. The van der Waals surface area contributed by atoms with E-state index in [1.165, 1.54) is 12.6 Å². The predicted molar refractivity (Wildman–Crippen MR) is 92.1 cm³/mol. The molecule has 0 atom stereocenters. The number of nitrogens with one attached hydrogen (secondary N) is 1. The molecule has 2 heterocycles. The summed E-state index contributed by atoms with van der Waals surface area (Å²) in [5, 5.41) is 16.6. The number of aromatic nitrogens is 2. The zero-order valence-electron chi connectivity index (χ0n) is 13.5. The Morgan fingerprint density at radius 1 is 1.12 bits per heavy atom. The normalized spacial score (nSPS) is 15.1. The molecule has 126 valence electrons. The van der Waals surface area contributed by atoms with Crippen molar-refractivity contribution in [2.75, 3.05) is 13.1 Å². The molecule has 24 heavy (non-hydrogen) atoms. The van der Waals surface area contributed by atoms with Gasteiger partial charge in [0.2, 0.25) is 5.88 Å². The number of hydrogen-bond donors (Lipinski definition) is 2. The number of hydrogen-bond acceptors (Lipinski definition) is 5. The van der Waals surface area contributed by atoms with Crippen LogP contribution in [0.15, 0.2) is 39.0 Å². The van der Waals surface area contributed by atoms with Crippen LogP contribution >= 0.6 is 0 Å². The molecule has 2 N–H and O–H groups in total. The minimum Gasteiger partial charge on any atom is -0.493 e. The zero-order valence-corrected chi connectivity index (χ0v) is 13.5. The van der Waals surface area contributed by atoms with Crippen molar-refractivity contribution in [3.8, 4) is 11.6 Å². The summed E-state index contributed by atoms with van der Waals surface area (Å²) in [7, 11) is 0. The third-order valence-electron chi connectivity index (χ3n) is 4.10. The standard InChI is InChI=1S/C17H20N4O3/c1-12-5-7-13(8-6-12)21-16(23)14(15(22)19-17(21)24)11-18-20-9-3-2-4-10-20/h5-8,11,23H,2-4,9-10H2,1H3,(H,19,22,24)/b18-11+. The molecule has 0 aliphatic carbocycles. The molecule has 1 fully saturated rings. The molecule has 1 aliphatic heterocycles. The molecule has 7 nitrogen and oxygen atoms in total. The van der Waals surface area contributed by atoms with Gasteiger partial charge in [-0.3, -0.25) is 14.8 Å². The van der Waals surface area contributed by atoms with E-state index in [9.17, 15) is 14.7 Å². The molecule has 0 unspecified atom stereocenters. The van der Waals surface area contributed by atoms with Crippen molar-refractivity contribution in [2.45, 2.75) is 26.2 Å². The number of aromatic amines is 1. The van der Waals surface area contributed by atoms with Crippen LogP contribution in [0.4, 0.5) is 0 Å². The van der Waals surface area contributed by atoms with Crippen molar-refractivity contribution in [1.29, 1.82) is 0 Å². The van der Waals surface area contributed by atoms with Crippen LogP contribution in [-0.4, -0.2) is 39.0 Å². The third-order valence-corrected chi connectivity index (χ3v) is 4.10. The molecule has 0 radical (unpaired) electrons. The van der Waals surface area contributed by atoms with Crippen molar-refractivity contribution in [1.82, 2.24) is 14.6 Å². The van der Waals surface area contributed by atoms with Crippen LogP contribution < -0.4 is 11.2 Å². The average Bonchev–Trinajstić information content (AvgIpc) is 2.57. The second-order valence-electron chi connectivity index (χ2n) is 5.93. The van der Waals surface area contributed by atoms with Crippen molar-refractivity contribution >= 4 is 6.21 Å². The first-order valence-electron chi connectivity index (χ1n) is 8.00. The lowest BCUT2D eigenvalue weighted by Gasteiger charge is -2.23. The number of rotatable bonds is 3. The second kappa shape index (κ2) is 6.74. The topological polar surface area (TPSA) is 90.7 Å². The minimum absolute atomic E-state index is 0.0271. The van der Waals surface area contributed by atoms with Crippen LogP contribution in [-0.2, 0) is 0 Å². The van der Waals surface area contributed by atoms with Crippen molar-refractivity contribution < 1.29 is 5.11 Å². The van der Waals surface area contributed by atoms with E-state index in [0.717, 1.165) is 36.1 Å². The maximum atomic E-state index is 12.1. The Morgan fingerprint density at radius 2 is 1.79 bits per heavy atom. The summed E-state index contributed by atoms with van der Waals surface area (Å²) in [6, 6.07) is 7.07. The summed E-state index contributed by atoms with van der Waals surface area (Å²) >= 11 is 0. The Bertz CT molecular complexity index is 859. The second-order valence-corrected chi connectivity index (χ2v) is 5.93. The van der Waals surface area contributed by atoms with Gasteiger partial charge in [-0.05, 0) is 38.3 Å². The van der Waals surface area contributed by atoms with Gasteiger partial charge in [0, 0.05) is 13.1 Å². The van der Waals surface area contributed by atoms with E-state index < -0.39 is 17.1 Å². The lowest BCUT2D eigenvalue weighted by molar-refractivity contribution is 0.240. The molecular formula is C17H20N4O3. The fraction of sp³-hybridized carbons (Fsp3) is 0.353. The number of nitrogens with zero attached hydrogens (tertiary/aromatic N) is 3. The largest absolute Gasteiger partial charge is 0.493 e. The molecule has 1 aromatic carbocycles. The first-order chi connectivity index (χ1) is 11.6. The maximum absolute atomic E-state index is 12.1. The Balaban J connectivity index is 2.02. The highest BCUT2D eigenvalue weighted by atomic mass is 16.3. The predicted octanol–water partition coefficient (Wildman–Crippen LogP) is 1.36. The van der Waals surface area contributed by atoms with Crippen LogP contribution in [0.2, 0.25) is 0 Å². The van der Waals surface area contributed by atoms with Gasteiger partial charge in [-0.25, -0.2) is 9.36 Å². The van der Waals surface area contributed by atoms with Gasteiger partial charge in [-0.15, -0.1) is 0 Å². The summed E-state index contributed by atoms with van der Waals surface area (Å²) < 4.78 is 1.07. The van der Waals surface area contributed by atoms with E-state index in [0.29, 0.717) is 5.69 Å². The summed E-state index contributed by atoms with van der Waals surface area (Å²) in [6.07, 6.45) is 4.62. The lowest BCUT2D eigenvalue weighted by Crippen LogP contribution is -2.32. The Kier molecular flexibility index (Phi) is 4.50. The van der Waals surface area contributed by atoms with Crippen molar-refractivity contribution in [2.24, 2.45) is 5.10 Å². The van der Waals surface area contributed by atoms with Crippen molar-refractivity contribution in [3.63, 3.8) is 0 Å². The van der Waals surface area contributed by atoms with Crippen molar-refractivity contribution in [3.05, 3.63) is 56.2 Å². The molecule has 0 saturated carbocycles. The number of aryl methyl sites for hydroxylation is 1. The first kappa shape index (κ1) is 16.0. The summed E-state index contributed by atoms with van der Waals surface area (Å²) in [4.78, 5) is 26.4. The minimum atomic E-state index is -0.684. The molecule has 1 aromatic heterocycles. The molecule has 1 saturated heterocycles. The third kappa shape index (κ3) is 3.24. The van der Waals surface area contributed by atoms with Crippen LogP contribution in [0.1, 0.15) is 30.4 Å². The highest BCUT2D eigenvalue weighted by Gasteiger charge is 2.15. The summed E-state index contributed by atoms with van der Waals surface area (Å²) in [5.41, 5.74) is 0.147. The molecule has 0 bridgehead atoms. The van der Waals surface area contributed by atoms with Gasteiger partial charge in [0.1, 0.15) is 5.56 Å².